The number of piperidine rings is 1. The molecular formula is C11H21NO. The third-order valence-electron chi connectivity index (χ3n) is 3.69. The van der Waals surface area contributed by atoms with Gasteiger partial charge >= 0.3 is 0 Å². The number of rotatable bonds is 2. The van der Waals surface area contributed by atoms with Gasteiger partial charge in [-0.3, -0.25) is 4.90 Å². The van der Waals surface area contributed by atoms with Crippen molar-refractivity contribution in [2.45, 2.75) is 45.2 Å². The molecule has 0 spiro atoms. The van der Waals surface area contributed by atoms with Gasteiger partial charge in [0.1, 0.15) is 0 Å². The van der Waals surface area contributed by atoms with E-state index in [2.05, 4.69) is 18.7 Å². The molecule has 2 nitrogen and oxygen atoms in total. The Labute approximate surface area is 81.3 Å². The van der Waals surface area contributed by atoms with Crippen LogP contribution in [0.25, 0.3) is 0 Å². The Bertz CT molecular complexity index is 165. The summed E-state index contributed by atoms with van der Waals surface area (Å²) < 4.78 is 5.26. The third-order valence-corrected chi connectivity index (χ3v) is 3.69. The van der Waals surface area contributed by atoms with Crippen LogP contribution in [0, 0.1) is 5.92 Å². The van der Waals surface area contributed by atoms with Crippen LogP contribution in [-0.4, -0.2) is 36.7 Å². The van der Waals surface area contributed by atoms with Crippen molar-refractivity contribution in [2.24, 2.45) is 5.92 Å². The average molecular weight is 183 g/mol. The highest BCUT2D eigenvalue weighted by atomic mass is 16.5. The molecule has 2 saturated heterocycles. The summed E-state index contributed by atoms with van der Waals surface area (Å²) in [5.74, 6) is 0.941. The Morgan fingerprint density at radius 3 is 2.62 bits per heavy atom. The zero-order chi connectivity index (χ0) is 9.26. The van der Waals surface area contributed by atoms with Crippen LogP contribution >= 0.6 is 0 Å². The highest BCUT2D eigenvalue weighted by Gasteiger charge is 2.33. The van der Waals surface area contributed by atoms with E-state index in [4.69, 9.17) is 4.74 Å². The summed E-state index contributed by atoms with van der Waals surface area (Å²) in [5.41, 5.74) is 0. The SMILES string of the molecule is CCC1CCC(C)N(C2COC2)C1. The number of ether oxygens (including phenoxy) is 1. The molecule has 0 aliphatic carbocycles. The molecule has 2 atom stereocenters. The largest absolute Gasteiger partial charge is 0.378 e. The van der Waals surface area contributed by atoms with Crippen molar-refractivity contribution in [3.63, 3.8) is 0 Å². The van der Waals surface area contributed by atoms with Gasteiger partial charge in [0.05, 0.1) is 19.3 Å². The first-order chi connectivity index (χ1) is 6.31. The Kier molecular flexibility index (Phi) is 2.89. The van der Waals surface area contributed by atoms with Crippen molar-refractivity contribution in [3.8, 4) is 0 Å². The van der Waals surface area contributed by atoms with Gasteiger partial charge in [-0.1, -0.05) is 13.3 Å². The molecule has 0 aromatic rings. The van der Waals surface area contributed by atoms with E-state index in [1.807, 2.05) is 0 Å². The maximum Gasteiger partial charge on any atom is 0.0645 e. The number of hydrogen-bond donors (Lipinski definition) is 0. The van der Waals surface area contributed by atoms with Crippen molar-refractivity contribution in [1.29, 1.82) is 0 Å². The van der Waals surface area contributed by atoms with Gasteiger partial charge < -0.3 is 4.74 Å². The van der Waals surface area contributed by atoms with Crippen molar-refractivity contribution < 1.29 is 4.74 Å². The summed E-state index contributed by atoms with van der Waals surface area (Å²) in [6.07, 6.45) is 4.16. The van der Waals surface area contributed by atoms with Gasteiger partial charge in [0.25, 0.3) is 0 Å². The topological polar surface area (TPSA) is 12.5 Å². The molecular weight excluding hydrogens is 162 g/mol. The second kappa shape index (κ2) is 3.97. The van der Waals surface area contributed by atoms with E-state index in [-0.39, 0.29) is 0 Å². The molecule has 0 bridgehead atoms. The van der Waals surface area contributed by atoms with E-state index in [9.17, 15) is 0 Å². The molecule has 0 aromatic heterocycles. The van der Waals surface area contributed by atoms with Crippen LogP contribution in [0.1, 0.15) is 33.1 Å². The van der Waals surface area contributed by atoms with Crippen LogP contribution in [0.15, 0.2) is 0 Å². The summed E-state index contributed by atoms with van der Waals surface area (Å²) >= 11 is 0. The second-order valence-corrected chi connectivity index (χ2v) is 4.59. The van der Waals surface area contributed by atoms with Crippen molar-refractivity contribution in [2.75, 3.05) is 19.8 Å². The first-order valence-corrected chi connectivity index (χ1v) is 5.64. The first-order valence-electron chi connectivity index (χ1n) is 5.64. The maximum atomic E-state index is 5.26. The highest BCUT2D eigenvalue weighted by Crippen LogP contribution is 2.27. The van der Waals surface area contributed by atoms with Crippen molar-refractivity contribution >= 4 is 0 Å². The standard InChI is InChI=1S/C11H21NO/c1-3-10-5-4-9(2)12(6-10)11-7-13-8-11/h9-11H,3-8H2,1-2H3. The van der Waals surface area contributed by atoms with E-state index in [0.717, 1.165) is 31.2 Å². The molecule has 0 saturated carbocycles. The third kappa shape index (κ3) is 1.89. The second-order valence-electron chi connectivity index (χ2n) is 4.59. The molecule has 0 N–H and O–H groups in total. The van der Waals surface area contributed by atoms with E-state index in [1.165, 1.54) is 25.8 Å². The molecule has 2 heterocycles. The van der Waals surface area contributed by atoms with Crippen LogP contribution in [-0.2, 0) is 4.74 Å². The summed E-state index contributed by atoms with van der Waals surface area (Å²) in [6.45, 7) is 7.94. The smallest absolute Gasteiger partial charge is 0.0645 e. The molecule has 76 valence electrons. The summed E-state index contributed by atoms with van der Waals surface area (Å²) in [4.78, 5) is 2.67. The quantitative estimate of drug-likeness (QED) is 0.648. The fourth-order valence-electron chi connectivity index (χ4n) is 2.47. The van der Waals surface area contributed by atoms with Crippen LogP contribution in [0.5, 0.6) is 0 Å². The lowest BCUT2D eigenvalue weighted by atomic mass is 9.90. The van der Waals surface area contributed by atoms with E-state index in [0.29, 0.717) is 0 Å². The Balaban J connectivity index is 1.90. The summed E-state index contributed by atoms with van der Waals surface area (Å²) in [5, 5.41) is 0. The molecule has 0 amide bonds. The minimum absolute atomic E-state index is 0.740. The molecule has 2 rings (SSSR count). The lowest BCUT2D eigenvalue weighted by Crippen LogP contribution is -2.55. The Morgan fingerprint density at radius 1 is 1.31 bits per heavy atom. The van der Waals surface area contributed by atoms with Gasteiger partial charge in [-0.2, -0.15) is 0 Å². The van der Waals surface area contributed by atoms with E-state index >= 15 is 0 Å². The fourth-order valence-corrected chi connectivity index (χ4v) is 2.47. The molecule has 13 heavy (non-hydrogen) atoms. The van der Waals surface area contributed by atoms with Crippen LogP contribution < -0.4 is 0 Å². The van der Waals surface area contributed by atoms with Gasteiger partial charge in [-0.15, -0.1) is 0 Å². The van der Waals surface area contributed by atoms with Crippen molar-refractivity contribution in [3.05, 3.63) is 0 Å². The highest BCUT2D eigenvalue weighted by molar-refractivity contribution is 4.86. The molecule has 2 heteroatoms. The van der Waals surface area contributed by atoms with Gasteiger partial charge in [0, 0.05) is 12.6 Å². The van der Waals surface area contributed by atoms with Gasteiger partial charge in [0.15, 0.2) is 0 Å². The molecule has 2 unspecified atom stereocenters. The number of hydrogen-bond acceptors (Lipinski definition) is 2. The first kappa shape index (κ1) is 9.47. The number of likely N-dealkylation sites (tertiary alicyclic amines) is 1. The summed E-state index contributed by atoms with van der Waals surface area (Å²) in [6, 6.07) is 1.53. The van der Waals surface area contributed by atoms with E-state index < -0.39 is 0 Å². The zero-order valence-electron chi connectivity index (χ0n) is 8.83. The lowest BCUT2D eigenvalue weighted by Gasteiger charge is -2.45. The predicted molar refractivity (Wildman–Crippen MR) is 53.8 cm³/mol. The molecule has 2 aliphatic heterocycles. The van der Waals surface area contributed by atoms with Crippen LogP contribution in [0.2, 0.25) is 0 Å². The average Bonchev–Trinajstić information content (AvgIpc) is 2.06. The zero-order valence-corrected chi connectivity index (χ0v) is 8.83. The predicted octanol–water partition coefficient (Wildman–Crippen LogP) is 1.90. The molecule has 2 aliphatic rings. The van der Waals surface area contributed by atoms with Crippen molar-refractivity contribution in [1.82, 2.24) is 4.90 Å². The normalized spacial score (nSPS) is 37.4. The minimum atomic E-state index is 0.740. The minimum Gasteiger partial charge on any atom is -0.378 e. The van der Waals surface area contributed by atoms with Crippen LogP contribution in [0.4, 0.5) is 0 Å². The molecule has 0 radical (unpaired) electrons. The van der Waals surface area contributed by atoms with Crippen LogP contribution in [0.3, 0.4) is 0 Å². The number of nitrogens with zero attached hydrogens (tertiary/aromatic N) is 1. The summed E-state index contributed by atoms with van der Waals surface area (Å²) in [7, 11) is 0. The lowest BCUT2D eigenvalue weighted by molar-refractivity contribution is -0.0919. The Hall–Kier alpha value is -0.0800. The van der Waals surface area contributed by atoms with E-state index in [1.54, 1.807) is 0 Å². The molecule has 2 fully saturated rings. The Morgan fingerprint density at radius 2 is 2.08 bits per heavy atom. The maximum absolute atomic E-state index is 5.26. The van der Waals surface area contributed by atoms with Gasteiger partial charge in [0.2, 0.25) is 0 Å². The fraction of sp³-hybridized carbons (Fsp3) is 1.00. The monoisotopic (exact) mass is 183 g/mol. The van der Waals surface area contributed by atoms with Gasteiger partial charge in [-0.25, -0.2) is 0 Å². The van der Waals surface area contributed by atoms with Gasteiger partial charge in [-0.05, 0) is 25.7 Å². The molecule has 0 aromatic carbocycles.